The first kappa shape index (κ1) is 15.1. The fourth-order valence-corrected chi connectivity index (χ4v) is 1.66. The van der Waals surface area contributed by atoms with E-state index in [4.69, 9.17) is 0 Å². The summed E-state index contributed by atoms with van der Waals surface area (Å²) in [6, 6.07) is 0. The molecule has 0 aliphatic heterocycles. The highest BCUT2D eigenvalue weighted by molar-refractivity contribution is 5.75. The zero-order chi connectivity index (χ0) is 15.3. The Morgan fingerprint density at radius 1 is 1.33 bits per heavy atom. The Morgan fingerprint density at radius 2 is 2.14 bits per heavy atom. The van der Waals surface area contributed by atoms with E-state index < -0.39 is 0 Å². The van der Waals surface area contributed by atoms with Gasteiger partial charge in [-0.1, -0.05) is 20.8 Å². The molecule has 0 spiro atoms. The fraction of sp³-hybridized carbons (Fsp3) is 0.500. The summed E-state index contributed by atoms with van der Waals surface area (Å²) >= 11 is 0. The molecule has 0 saturated heterocycles. The van der Waals surface area contributed by atoms with Gasteiger partial charge in [-0.15, -0.1) is 0 Å². The smallest absolute Gasteiger partial charge is 0.220 e. The third-order valence-electron chi connectivity index (χ3n) is 2.88. The maximum absolute atomic E-state index is 11.7. The predicted octanol–water partition coefficient (Wildman–Crippen LogP) is 1.70. The molecule has 7 nitrogen and oxygen atoms in total. The summed E-state index contributed by atoms with van der Waals surface area (Å²) in [6.45, 7) is 6.67. The molecule has 0 fully saturated rings. The van der Waals surface area contributed by atoms with E-state index in [0.29, 0.717) is 30.3 Å². The van der Waals surface area contributed by atoms with E-state index in [1.165, 1.54) is 0 Å². The minimum atomic E-state index is 0.0161. The van der Waals surface area contributed by atoms with E-state index in [-0.39, 0.29) is 11.3 Å². The van der Waals surface area contributed by atoms with Crippen LogP contribution in [0.25, 0.3) is 11.5 Å². The number of nitrogens with one attached hydrogen (secondary N) is 2. The van der Waals surface area contributed by atoms with Crippen LogP contribution < -0.4 is 5.32 Å². The van der Waals surface area contributed by atoms with Crippen molar-refractivity contribution in [2.75, 3.05) is 0 Å². The molecule has 2 rings (SSSR count). The number of nitrogens with zero attached hydrogens (tertiary/aromatic N) is 4. The van der Waals surface area contributed by atoms with Gasteiger partial charge in [-0.2, -0.15) is 5.10 Å². The van der Waals surface area contributed by atoms with Gasteiger partial charge in [0.15, 0.2) is 0 Å². The number of hydrogen-bond donors (Lipinski definition) is 2. The minimum absolute atomic E-state index is 0.0161. The lowest BCUT2D eigenvalue weighted by Crippen LogP contribution is -2.24. The molecule has 2 aromatic heterocycles. The highest BCUT2D eigenvalue weighted by atomic mass is 16.1. The first-order valence-corrected chi connectivity index (χ1v) is 6.88. The van der Waals surface area contributed by atoms with E-state index >= 15 is 0 Å². The van der Waals surface area contributed by atoms with Crippen molar-refractivity contribution in [3.63, 3.8) is 0 Å². The number of H-pyrrole nitrogens is 1. The van der Waals surface area contributed by atoms with Gasteiger partial charge < -0.3 is 5.32 Å². The Hall–Kier alpha value is -2.31. The molecule has 2 N–H and O–H groups in total. The summed E-state index contributed by atoms with van der Waals surface area (Å²) < 4.78 is 0. The quantitative estimate of drug-likeness (QED) is 0.873. The SMILES string of the molecule is CC(C)(C)CCC(=O)NCc1nc(-c2cnccn2)n[nH]1. The van der Waals surface area contributed by atoms with Crippen LogP contribution in [0.4, 0.5) is 0 Å². The van der Waals surface area contributed by atoms with Gasteiger partial charge in [-0.3, -0.25) is 14.9 Å². The minimum Gasteiger partial charge on any atom is -0.349 e. The summed E-state index contributed by atoms with van der Waals surface area (Å²) in [7, 11) is 0. The Labute approximate surface area is 123 Å². The van der Waals surface area contributed by atoms with Crippen molar-refractivity contribution in [2.45, 2.75) is 40.2 Å². The molecule has 0 aromatic carbocycles. The second-order valence-electron chi connectivity index (χ2n) is 6.03. The van der Waals surface area contributed by atoms with Crippen LogP contribution in [0.1, 0.15) is 39.4 Å². The molecule has 0 bridgehead atoms. The molecule has 2 aromatic rings. The average molecular weight is 288 g/mol. The molecule has 7 heteroatoms. The van der Waals surface area contributed by atoms with Crippen LogP contribution in [0, 0.1) is 5.41 Å². The van der Waals surface area contributed by atoms with Gasteiger partial charge in [-0.05, 0) is 11.8 Å². The Kier molecular flexibility index (Phi) is 4.62. The van der Waals surface area contributed by atoms with Gasteiger partial charge in [0, 0.05) is 18.8 Å². The van der Waals surface area contributed by atoms with Crippen molar-refractivity contribution in [3.05, 3.63) is 24.4 Å². The molecule has 0 atom stereocenters. The summed E-state index contributed by atoms with van der Waals surface area (Å²) in [4.78, 5) is 24.1. The van der Waals surface area contributed by atoms with Crippen LogP contribution in [0.3, 0.4) is 0 Å². The van der Waals surface area contributed by atoms with Crippen LogP contribution in [-0.4, -0.2) is 31.1 Å². The standard InChI is InChI=1S/C14H20N6O/c1-14(2,3)5-4-12(21)17-9-11-18-13(20-19-11)10-8-15-6-7-16-10/h6-8H,4-5,9H2,1-3H3,(H,17,21)(H,18,19,20). The van der Waals surface area contributed by atoms with Gasteiger partial charge in [-0.25, -0.2) is 9.97 Å². The topological polar surface area (TPSA) is 96.5 Å². The van der Waals surface area contributed by atoms with Crippen LogP contribution in [0.5, 0.6) is 0 Å². The summed E-state index contributed by atoms with van der Waals surface area (Å²) in [5.74, 6) is 1.09. The van der Waals surface area contributed by atoms with Crippen LogP contribution in [0.15, 0.2) is 18.6 Å². The van der Waals surface area contributed by atoms with Gasteiger partial charge >= 0.3 is 0 Å². The van der Waals surface area contributed by atoms with Gasteiger partial charge in [0.05, 0.1) is 12.7 Å². The second-order valence-corrected chi connectivity index (χ2v) is 6.03. The van der Waals surface area contributed by atoms with Crippen LogP contribution >= 0.6 is 0 Å². The second kappa shape index (κ2) is 6.43. The van der Waals surface area contributed by atoms with E-state index in [1.54, 1.807) is 18.6 Å². The van der Waals surface area contributed by atoms with Crippen molar-refractivity contribution in [1.29, 1.82) is 0 Å². The van der Waals surface area contributed by atoms with Crippen molar-refractivity contribution < 1.29 is 4.79 Å². The number of rotatable bonds is 5. The number of aromatic nitrogens is 5. The molecule has 112 valence electrons. The summed E-state index contributed by atoms with van der Waals surface area (Å²) in [6.07, 6.45) is 6.12. The predicted molar refractivity (Wildman–Crippen MR) is 77.9 cm³/mol. The van der Waals surface area contributed by atoms with E-state index in [9.17, 15) is 4.79 Å². The Bertz CT molecular complexity index is 587. The largest absolute Gasteiger partial charge is 0.349 e. The van der Waals surface area contributed by atoms with Crippen LogP contribution in [0.2, 0.25) is 0 Å². The molecule has 1 amide bonds. The van der Waals surface area contributed by atoms with Crippen molar-refractivity contribution in [2.24, 2.45) is 5.41 Å². The molecule has 21 heavy (non-hydrogen) atoms. The fourth-order valence-electron chi connectivity index (χ4n) is 1.66. The maximum atomic E-state index is 11.7. The lowest BCUT2D eigenvalue weighted by Gasteiger charge is -2.17. The normalized spacial score (nSPS) is 11.4. The van der Waals surface area contributed by atoms with E-state index in [2.05, 4.69) is 51.2 Å². The first-order chi connectivity index (χ1) is 9.94. The molecular formula is C14H20N6O. The van der Waals surface area contributed by atoms with E-state index in [1.807, 2.05) is 0 Å². The lowest BCUT2D eigenvalue weighted by molar-refractivity contribution is -0.121. The molecule has 0 radical (unpaired) electrons. The molecule has 0 aliphatic rings. The zero-order valence-electron chi connectivity index (χ0n) is 12.6. The average Bonchev–Trinajstić information content (AvgIpc) is 2.92. The number of carbonyl (C=O) groups is 1. The number of hydrogen-bond acceptors (Lipinski definition) is 5. The number of aromatic amines is 1. The third-order valence-corrected chi connectivity index (χ3v) is 2.88. The number of amides is 1. The monoisotopic (exact) mass is 288 g/mol. The summed E-state index contributed by atoms with van der Waals surface area (Å²) in [5.41, 5.74) is 0.752. The van der Waals surface area contributed by atoms with Gasteiger partial charge in [0.1, 0.15) is 11.5 Å². The van der Waals surface area contributed by atoms with Gasteiger partial charge in [0.25, 0.3) is 0 Å². The number of carbonyl (C=O) groups excluding carboxylic acids is 1. The van der Waals surface area contributed by atoms with E-state index in [0.717, 1.165) is 6.42 Å². The maximum Gasteiger partial charge on any atom is 0.220 e. The summed E-state index contributed by atoms with van der Waals surface area (Å²) in [5, 5.41) is 9.68. The van der Waals surface area contributed by atoms with Crippen molar-refractivity contribution in [3.8, 4) is 11.5 Å². The highest BCUT2D eigenvalue weighted by Crippen LogP contribution is 2.20. The van der Waals surface area contributed by atoms with Crippen molar-refractivity contribution >= 4 is 5.91 Å². The lowest BCUT2D eigenvalue weighted by atomic mass is 9.90. The highest BCUT2D eigenvalue weighted by Gasteiger charge is 2.13. The van der Waals surface area contributed by atoms with Gasteiger partial charge in [0.2, 0.25) is 11.7 Å². The molecule has 0 aliphatic carbocycles. The Morgan fingerprint density at radius 3 is 2.81 bits per heavy atom. The van der Waals surface area contributed by atoms with Crippen molar-refractivity contribution in [1.82, 2.24) is 30.5 Å². The first-order valence-electron chi connectivity index (χ1n) is 6.88. The Balaban J connectivity index is 1.85. The molecule has 0 saturated carbocycles. The zero-order valence-corrected chi connectivity index (χ0v) is 12.6. The molecule has 2 heterocycles. The third kappa shape index (κ3) is 4.94. The molecular weight excluding hydrogens is 268 g/mol. The van der Waals surface area contributed by atoms with Crippen LogP contribution in [-0.2, 0) is 11.3 Å². The molecule has 0 unspecified atom stereocenters.